The Morgan fingerprint density at radius 1 is 1.50 bits per heavy atom. The summed E-state index contributed by atoms with van der Waals surface area (Å²) in [6, 6.07) is 0.560. The van der Waals surface area contributed by atoms with E-state index in [1.54, 1.807) is 6.33 Å². The van der Waals surface area contributed by atoms with E-state index in [1.807, 2.05) is 0 Å². The van der Waals surface area contributed by atoms with Crippen molar-refractivity contribution in [3.8, 4) is 0 Å². The van der Waals surface area contributed by atoms with Crippen LogP contribution in [0.25, 0.3) is 0 Å². The molecule has 5 nitrogen and oxygen atoms in total. The Kier molecular flexibility index (Phi) is 4.30. The number of nitrogens with zero attached hydrogens (tertiary/aromatic N) is 3. The van der Waals surface area contributed by atoms with Crippen LogP contribution in [-0.2, 0) is 17.8 Å². The Morgan fingerprint density at radius 3 is 3.31 bits per heavy atom. The minimum Gasteiger partial charge on any atom is -0.381 e. The van der Waals surface area contributed by atoms with Crippen LogP contribution in [0.5, 0.6) is 0 Å². The van der Waals surface area contributed by atoms with Gasteiger partial charge in [0.05, 0.1) is 6.54 Å². The molecule has 1 aromatic rings. The van der Waals surface area contributed by atoms with Gasteiger partial charge in [-0.3, -0.25) is 0 Å². The molecule has 1 N–H and O–H groups in total. The summed E-state index contributed by atoms with van der Waals surface area (Å²) < 4.78 is 7.50. The molecule has 0 spiro atoms. The van der Waals surface area contributed by atoms with Crippen LogP contribution in [0.3, 0.4) is 0 Å². The molecule has 1 aromatic heterocycles. The van der Waals surface area contributed by atoms with Crippen LogP contribution >= 0.6 is 0 Å². The van der Waals surface area contributed by atoms with Crippen LogP contribution in [0, 0.1) is 0 Å². The Bertz CT molecular complexity index is 305. The molecule has 16 heavy (non-hydrogen) atoms. The van der Waals surface area contributed by atoms with Crippen molar-refractivity contribution in [3.63, 3.8) is 0 Å². The largest absolute Gasteiger partial charge is 0.381 e. The summed E-state index contributed by atoms with van der Waals surface area (Å²) in [6.07, 6.45) is 5.23. The van der Waals surface area contributed by atoms with E-state index in [0.717, 1.165) is 45.0 Å². The van der Waals surface area contributed by atoms with Crippen molar-refractivity contribution in [2.45, 2.75) is 45.3 Å². The minimum atomic E-state index is 0.560. The van der Waals surface area contributed by atoms with E-state index in [-0.39, 0.29) is 0 Å². The van der Waals surface area contributed by atoms with E-state index in [4.69, 9.17) is 4.74 Å². The maximum Gasteiger partial charge on any atom is 0.146 e. The van der Waals surface area contributed by atoms with Crippen molar-refractivity contribution in [2.75, 3.05) is 13.2 Å². The summed E-state index contributed by atoms with van der Waals surface area (Å²) in [5, 5.41) is 11.6. The zero-order valence-electron chi connectivity index (χ0n) is 9.85. The maximum absolute atomic E-state index is 5.43. The van der Waals surface area contributed by atoms with Crippen molar-refractivity contribution in [2.24, 2.45) is 0 Å². The summed E-state index contributed by atoms with van der Waals surface area (Å²) >= 11 is 0. The second kappa shape index (κ2) is 5.96. The number of aromatic nitrogens is 3. The standard InChI is InChI=1S/C11H20N4O/c1-2-15-9-13-14-11(15)8-12-10-4-3-6-16-7-5-10/h9-10,12H,2-8H2,1H3. The fraction of sp³-hybridized carbons (Fsp3) is 0.818. The maximum atomic E-state index is 5.43. The van der Waals surface area contributed by atoms with Gasteiger partial charge in [0.1, 0.15) is 12.2 Å². The van der Waals surface area contributed by atoms with Crippen molar-refractivity contribution in [1.82, 2.24) is 20.1 Å². The molecule has 0 radical (unpaired) electrons. The van der Waals surface area contributed by atoms with E-state index in [1.165, 1.54) is 6.42 Å². The fourth-order valence-corrected chi connectivity index (χ4v) is 2.02. The van der Waals surface area contributed by atoms with Crippen LogP contribution in [0.1, 0.15) is 32.0 Å². The van der Waals surface area contributed by atoms with E-state index in [0.29, 0.717) is 6.04 Å². The number of nitrogens with one attached hydrogen (secondary N) is 1. The highest BCUT2D eigenvalue weighted by Gasteiger charge is 2.12. The molecule has 5 heteroatoms. The summed E-state index contributed by atoms with van der Waals surface area (Å²) in [5.74, 6) is 1.02. The molecular formula is C11H20N4O. The van der Waals surface area contributed by atoms with Gasteiger partial charge in [-0.15, -0.1) is 10.2 Å². The molecule has 1 saturated heterocycles. The van der Waals surface area contributed by atoms with Crippen LogP contribution < -0.4 is 5.32 Å². The van der Waals surface area contributed by atoms with Gasteiger partial charge >= 0.3 is 0 Å². The molecule has 90 valence electrons. The average molecular weight is 224 g/mol. The normalized spacial score (nSPS) is 21.9. The first-order chi connectivity index (χ1) is 7.90. The molecule has 0 bridgehead atoms. The zero-order chi connectivity index (χ0) is 11.2. The Labute approximate surface area is 96.2 Å². The molecule has 1 aliphatic rings. The van der Waals surface area contributed by atoms with Crippen LogP contribution in [0.15, 0.2) is 6.33 Å². The third-order valence-electron chi connectivity index (χ3n) is 3.04. The quantitative estimate of drug-likeness (QED) is 0.827. The third-order valence-corrected chi connectivity index (χ3v) is 3.04. The first-order valence-corrected chi connectivity index (χ1v) is 6.08. The van der Waals surface area contributed by atoms with Gasteiger partial charge in [0.2, 0.25) is 0 Å². The predicted molar refractivity (Wildman–Crippen MR) is 61.0 cm³/mol. The Balaban J connectivity index is 1.81. The lowest BCUT2D eigenvalue weighted by Crippen LogP contribution is -2.29. The predicted octanol–water partition coefficient (Wildman–Crippen LogP) is 0.957. The molecule has 0 aromatic carbocycles. The molecule has 1 unspecified atom stereocenters. The highest BCUT2D eigenvalue weighted by molar-refractivity contribution is 4.86. The molecule has 1 aliphatic heterocycles. The highest BCUT2D eigenvalue weighted by Crippen LogP contribution is 2.08. The van der Waals surface area contributed by atoms with Gasteiger partial charge in [-0.25, -0.2) is 0 Å². The highest BCUT2D eigenvalue weighted by atomic mass is 16.5. The van der Waals surface area contributed by atoms with Gasteiger partial charge in [-0.2, -0.15) is 0 Å². The van der Waals surface area contributed by atoms with Gasteiger partial charge in [-0.05, 0) is 26.2 Å². The molecular weight excluding hydrogens is 204 g/mol. The lowest BCUT2D eigenvalue weighted by atomic mass is 10.1. The third kappa shape index (κ3) is 3.02. The number of rotatable bonds is 4. The molecule has 1 atom stereocenters. The van der Waals surface area contributed by atoms with Gasteiger partial charge in [-0.1, -0.05) is 0 Å². The topological polar surface area (TPSA) is 52.0 Å². The second-order valence-corrected chi connectivity index (χ2v) is 4.15. The number of ether oxygens (including phenoxy) is 1. The van der Waals surface area contributed by atoms with Crippen LogP contribution in [0.2, 0.25) is 0 Å². The van der Waals surface area contributed by atoms with E-state index in [2.05, 4.69) is 27.0 Å². The van der Waals surface area contributed by atoms with E-state index in [9.17, 15) is 0 Å². The fourth-order valence-electron chi connectivity index (χ4n) is 2.02. The molecule has 0 amide bonds. The van der Waals surface area contributed by atoms with Gasteiger partial charge in [0, 0.05) is 25.8 Å². The van der Waals surface area contributed by atoms with Crippen LogP contribution in [0.4, 0.5) is 0 Å². The molecule has 2 rings (SSSR count). The first-order valence-electron chi connectivity index (χ1n) is 6.08. The van der Waals surface area contributed by atoms with Crippen molar-refractivity contribution in [3.05, 3.63) is 12.2 Å². The van der Waals surface area contributed by atoms with Gasteiger partial charge < -0.3 is 14.6 Å². The summed E-state index contributed by atoms with van der Waals surface area (Å²) in [7, 11) is 0. The SMILES string of the molecule is CCn1cnnc1CNC1CCCOCC1. The Hall–Kier alpha value is -0.940. The minimum absolute atomic E-state index is 0.560. The van der Waals surface area contributed by atoms with E-state index < -0.39 is 0 Å². The lowest BCUT2D eigenvalue weighted by molar-refractivity contribution is 0.142. The second-order valence-electron chi connectivity index (χ2n) is 4.15. The van der Waals surface area contributed by atoms with Gasteiger partial charge in [0.15, 0.2) is 0 Å². The van der Waals surface area contributed by atoms with E-state index >= 15 is 0 Å². The van der Waals surface area contributed by atoms with Crippen molar-refractivity contribution >= 4 is 0 Å². The number of aryl methyl sites for hydroxylation is 1. The number of hydrogen-bond acceptors (Lipinski definition) is 4. The van der Waals surface area contributed by atoms with Crippen LogP contribution in [-0.4, -0.2) is 34.0 Å². The summed E-state index contributed by atoms with van der Waals surface area (Å²) in [6.45, 7) is 5.62. The van der Waals surface area contributed by atoms with Gasteiger partial charge in [0.25, 0.3) is 0 Å². The molecule has 1 fully saturated rings. The lowest BCUT2D eigenvalue weighted by Gasteiger charge is -2.15. The molecule has 0 aliphatic carbocycles. The first kappa shape index (κ1) is 11.5. The summed E-state index contributed by atoms with van der Waals surface area (Å²) in [4.78, 5) is 0. The number of hydrogen-bond donors (Lipinski definition) is 1. The Morgan fingerprint density at radius 2 is 2.44 bits per heavy atom. The van der Waals surface area contributed by atoms with Crippen molar-refractivity contribution < 1.29 is 4.74 Å². The average Bonchev–Trinajstić information content (AvgIpc) is 2.60. The smallest absolute Gasteiger partial charge is 0.146 e. The zero-order valence-corrected chi connectivity index (χ0v) is 9.85. The summed E-state index contributed by atoms with van der Waals surface area (Å²) in [5.41, 5.74) is 0. The molecule has 0 saturated carbocycles. The molecule has 2 heterocycles. The monoisotopic (exact) mass is 224 g/mol. The van der Waals surface area contributed by atoms with Crippen molar-refractivity contribution in [1.29, 1.82) is 0 Å².